The van der Waals surface area contributed by atoms with Gasteiger partial charge in [-0.15, -0.1) is 0 Å². The number of hydrogen-bond donors (Lipinski definition) is 1. The highest BCUT2D eigenvalue weighted by Crippen LogP contribution is 2.37. The van der Waals surface area contributed by atoms with Crippen molar-refractivity contribution < 1.29 is 14.1 Å². The Bertz CT molecular complexity index is 1090. The molecule has 0 atom stereocenters. The van der Waals surface area contributed by atoms with Crippen molar-refractivity contribution in [3.63, 3.8) is 0 Å². The van der Waals surface area contributed by atoms with Crippen molar-refractivity contribution >= 4 is 18.7 Å². The van der Waals surface area contributed by atoms with Gasteiger partial charge in [-0.05, 0) is 27.5 Å². The van der Waals surface area contributed by atoms with Crippen LogP contribution < -0.4 is 10.4 Å². The van der Waals surface area contributed by atoms with Gasteiger partial charge in [0, 0.05) is 11.6 Å². The molecule has 0 aliphatic rings. The van der Waals surface area contributed by atoms with Gasteiger partial charge in [-0.25, -0.2) is 0 Å². The number of phenols is 1. The molecule has 1 aromatic heterocycles. The Kier molecular flexibility index (Phi) is 5.81. The van der Waals surface area contributed by atoms with E-state index in [9.17, 15) is 5.11 Å². The maximum Gasteiger partial charge on any atom is 0.261 e. The second-order valence-electron chi connectivity index (χ2n) is 8.65. The first kappa shape index (κ1) is 21.1. The molecule has 5 heteroatoms. The number of hydrogen-bond acceptors (Lipinski definition) is 4. The maximum atomic E-state index is 10.1. The molecule has 0 amide bonds. The van der Waals surface area contributed by atoms with E-state index in [1.54, 1.807) is 12.1 Å². The van der Waals surface area contributed by atoms with Crippen molar-refractivity contribution in [2.45, 2.75) is 32.4 Å². The lowest BCUT2D eigenvalue weighted by Crippen LogP contribution is -2.66. The summed E-state index contributed by atoms with van der Waals surface area (Å²) in [6.45, 7) is 7.03. The monoisotopic (exact) mass is 429 g/mol. The first-order chi connectivity index (χ1) is 14.9. The summed E-state index contributed by atoms with van der Waals surface area (Å²) in [6, 6.07) is 30.0. The van der Waals surface area contributed by atoms with Gasteiger partial charge in [0.1, 0.15) is 11.4 Å². The summed E-state index contributed by atoms with van der Waals surface area (Å²) in [7, 11) is -2.65. The molecular formula is C26H27NO3Si. The van der Waals surface area contributed by atoms with Crippen LogP contribution in [0.15, 0.2) is 95.5 Å². The Morgan fingerprint density at radius 3 is 1.94 bits per heavy atom. The van der Waals surface area contributed by atoms with Crippen LogP contribution in [0.2, 0.25) is 5.04 Å². The molecule has 4 aromatic rings. The SMILES string of the molecule is CC(C)(C)[Si](OCc1cc(-c2ccccc2O)no1)(c1ccccc1)c1ccccc1. The summed E-state index contributed by atoms with van der Waals surface area (Å²) in [5, 5.41) is 16.6. The minimum atomic E-state index is -2.65. The topological polar surface area (TPSA) is 55.5 Å². The molecule has 3 aromatic carbocycles. The molecule has 0 radical (unpaired) electrons. The fraction of sp³-hybridized carbons (Fsp3) is 0.192. The molecule has 0 fully saturated rings. The van der Waals surface area contributed by atoms with E-state index in [0.717, 1.165) is 0 Å². The molecule has 0 saturated carbocycles. The molecule has 4 nitrogen and oxygen atoms in total. The van der Waals surface area contributed by atoms with E-state index in [1.807, 2.05) is 30.3 Å². The standard InChI is InChI=1S/C26H27NO3Si/c1-26(2,3)31(21-12-6-4-7-13-21,22-14-8-5-9-15-22)29-19-20-18-24(27-30-20)23-16-10-11-17-25(23)28/h4-18,28H,19H2,1-3H3. The van der Waals surface area contributed by atoms with Crippen LogP contribution in [0.4, 0.5) is 0 Å². The van der Waals surface area contributed by atoms with E-state index >= 15 is 0 Å². The molecule has 4 rings (SSSR count). The molecule has 0 unspecified atom stereocenters. The van der Waals surface area contributed by atoms with Crippen LogP contribution in [-0.4, -0.2) is 18.6 Å². The van der Waals surface area contributed by atoms with Gasteiger partial charge in [-0.2, -0.15) is 0 Å². The summed E-state index contributed by atoms with van der Waals surface area (Å²) < 4.78 is 12.5. The van der Waals surface area contributed by atoms with Gasteiger partial charge < -0.3 is 14.1 Å². The number of nitrogens with zero attached hydrogens (tertiary/aromatic N) is 1. The second kappa shape index (κ2) is 8.53. The fourth-order valence-electron chi connectivity index (χ4n) is 4.14. The van der Waals surface area contributed by atoms with E-state index < -0.39 is 8.32 Å². The van der Waals surface area contributed by atoms with Gasteiger partial charge in [0.2, 0.25) is 0 Å². The Labute approximate surface area is 184 Å². The van der Waals surface area contributed by atoms with Crippen LogP contribution in [0.3, 0.4) is 0 Å². The highest BCUT2D eigenvalue weighted by molar-refractivity contribution is 6.99. The molecular weight excluding hydrogens is 402 g/mol. The van der Waals surface area contributed by atoms with Crippen LogP contribution in [0.25, 0.3) is 11.3 Å². The lowest BCUT2D eigenvalue weighted by Gasteiger charge is -2.42. The molecule has 0 aliphatic carbocycles. The van der Waals surface area contributed by atoms with Crippen LogP contribution in [0.1, 0.15) is 26.5 Å². The van der Waals surface area contributed by atoms with Crippen molar-refractivity contribution in [1.29, 1.82) is 0 Å². The van der Waals surface area contributed by atoms with E-state index in [-0.39, 0.29) is 10.8 Å². The lowest BCUT2D eigenvalue weighted by atomic mass is 10.1. The van der Waals surface area contributed by atoms with Crippen LogP contribution in [0.5, 0.6) is 5.75 Å². The summed E-state index contributed by atoms with van der Waals surface area (Å²) in [6.07, 6.45) is 0. The maximum absolute atomic E-state index is 10.1. The largest absolute Gasteiger partial charge is 0.507 e. The van der Waals surface area contributed by atoms with Crippen molar-refractivity contribution in [2.75, 3.05) is 0 Å². The normalized spacial score (nSPS) is 12.1. The van der Waals surface area contributed by atoms with Crippen molar-refractivity contribution in [3.05, 3.63) is 96.8 Å². The molecule has 31 heavy (non-hydrogen) atoms. The van der Waals surface area contributed by atoms with Gasteiger partial charge in [0.05, 0.1) is 6.61 Å². The van der Waals surface area contributed by atoms with E-state index in [1.165, 1.54) is 10.4 Å². The van der Waals surface area contributed by atoms with Crippen molar-refractivity contribution in [3.8, 4) is 17.0 Å². The zero-order chi connectivity index (χ0) is 21.9. The zero-order valence-corrected chi connectivity index (χ0v) is 19.1. The fourth-order valence-corrected chi connectivity index (χ4v) is 8.65. The minimum Gasteiger partial charge on any atom is -0.507 e. The van der Waals surface area contributed by atoms with E-state index in [0.29, 0.717) is 23.6 Å². The number of rotatable bonds is 6. The molecule has 0 bridgehead atoms. The Morgan fingerprint density at radius 2 is 1.39 bits per heavy atom. The number of benzene rings is 3. The summed E-state index contributed by atoms with van der Waals surface area (Å²) in [5.41, 5.74) is 1.24. The van der Waals surface area contributed by atoms with Crippen LogP contribution in [-0.2, 0) is 11.0 Å². The molecule has 0 saturated heterocycles. The quantitative estimate of drug-likeness (QED) is 0.432. The Morgan fingerprint density at radius 1 is 0.839 bits per heavy atom. The molecule has 158 valence electrons. The van der Waals surface area contributed by atoms with Gasteiger partial charge in [-0.1, -0.05) is 98.7 Å². The Hall–Kier alpha value is -3.15. The minimum absolute atomic E-state index is 0.115. The highest BCUT2D eigenvalue weighted by atomic mass is 28.4. The number of aromatic hydroxyl groups is 1. The number of aromatic nitrogens is 1. The third-order valence-electron chi connectivity index (χ3n) is 5.59. The molecule has 1 heterocycles. The van der Waals surface area contributed by atoms with Crippen molar-refractivity contribution in [2.24, 2.45) is 0 Å². The second-order valence-corrected chi connectivity index (χ2v) is 13.0. The first-order valence-electron chi connectivity index (χ1n) is 10.4. The van der Waals surface area contributed by atoms with Gasteiger partial charge in [0.15, 0.2) is 5.76 Å². The van der Waals surface area contributed by atoms with Gasteiger partial charge in [-0.3, -0.25) is 0 Å². The molecule has 0 aliphatic heterocycles. The number of phenolic OH excluding ortho intramolecular Hbond substituents is 1. The molecule has 1 N–H and O–H groups in total. The molecule has 0 spiro atoms. The highest BCUT2D eigenvalue weighted by Gasteiger charge is 2.50. The van der Waals surface area contributed by atoms with Gasteiger partial charge >= 0.3 is 0 Å². The number of para-hydroxylation sites is 1. The smallest absolute Gasteiger partial charge is 0.261 e. The third kappa shape index (κ3) is 4.07. The van der Waals surface area contributed by atoms with Gasteiger partial charge in [0.25, 0.3) is 8.32 Å². The summed E-state index contributed by atoms with van der Waals surface area (Å²) in [5.74, 6) is 0.807. The van der Waals surface area contributed by atoms with Crippen molar-refractivity contribution in [1.82, 2.24) is 5.16 Å². The van der Waals surface area contributed by atoms with E-state index in [4.69, 9.17) is 8.95 Å². The third-order valence-corrected chi connectivity index (χ3v) is 10.6. The summed E-state index contributed by atoms with van der Waals surface area (Å²) >= 11 is 0. The van der Waals surface area contributed by atoms with Crippen LogP contribution in [0, 0.1) is 0 Å². The lowest BCUT2D eigenvalue weighted by molar-refractivity contribution is 0.236. The zero-order valence-electron chi connectivity index (χ0n) is 18.1. The Balaban J connectivity index is 1.72. The van der Waals surface area contributed by atoms with Crippen LogP contribution >= 0.6 is 0 Å². The average Bonchev–Trinajstić information content (AvgIpc) is 3.24. The van der Waals surface area contributed by atoms with E-state index in [2.05, 4.69) is 74.5 Å². The summed E-state index contributed by atoms with van der Waals surface area (Å²) in [4.78, 5) is 0. The predicted molar refractivity (Wildman–Crippen MR) is 126 cm³/mol. The predicted octanol–water partition coefficient (Wildman–Crippen LogP) is 5.12. The first-order valence-corrected chi connectivity index (χ1v) is 12.3. The average molecular weight is 430 g/mol.